The van der Waals surface area contributed by atoms with Crippen LogP contribution in [0.1, 0.15) is 11.7 Å². The maximum Gasteiger partial charge on any atom is 0.137 e. The lowest BCUT2D eigenvalue weighted by molar-refractivity contribution is 0.214. The Morgan fingerprint density at radius 2 is 1.90 bits per heavy atom. The number of aromatic nitrogens is 1. The quantitative estimate of drug-likeness (QED) is 0.777. The largest absolute Gasteiger partial charge is 0.484 e. The highest BCUT2D eigenvalue weighted by atomic mass is 79.9. The Balaban J connectivity index is 1.88. The van der Waals surface area contributed by atoms with Gasteiger partial charge in [0, 0.05) is 29.0 Å². The number of rotatable bonds is 4. The second-order valence-electron chi connectivity index (χ2n) is 4.78. The van der Waals surface area contributed by atoms with Gasteiger partial charge in [-0.15, -0.1) is 0 Å². The highest BCUT2D eigenvalue weighted by Crippen LogP contribution is 2.27. The monoisotopic (exact) mass is 342 g/mol. The van der Waals surface area contributed by atoms with Crippen molar-refractivity contribution in [3.8, 4) is 5.75 Å². The smallest absolute Gasteiger partial charge is 0.137 e. The molecule has 0 bridgehead atoms. The molecule has 2 aromatic carbocycles. The zero-order valence-corrected chi connectivity index (χ0v) is 13.0. The number of ether oxygens (including phenoxy) is 1. The fraction of sp³-hybridized carbons (Fsp3) is 0.118. The summed E-state index contributed by atoms with van der Waals surface area (Å²) >= 11 is 3.48. The lowest BCUT2D eigenvalue weighted by Crippen LogP contribution is -2.18. The van der Waals surface area contributed by atoms with E-state index in [-0.39, 0.29) is 6.10 Å². The second kappa shape index (κ2) is 6.24. The van der Waals surface area contributed by atoms with Gasteiger partial charge in [-0.1, -0.05) is 34.1 Å². The van der Waals surface area contributed by atoms with Crippen LogP contribution >= 0.6 is 15.9 Å². The van der Waals surface area contributed by atoms with Gasteiger partial charge in [-0.3, -0.25) is 4.98 Å². The molecule has 21 heavy (non-hydrogen) atoms. The van der Waals surface area contributed by atoms with Gasteiger partial charge >= 0.3 is 0 Å². The summed E-state index contributed by atoms with van der Waals surface area (Å²) in [5.74, 6) is 0.809. The molecule has 3 nitrogen and oxygen atoms in total. The molecule has 0 saturated carbocycles. The van der Waals surface area contributed by atoms with Crippen LogP contribution in [0.25, 0.3) is 10.8 Å². The van der Waals surface area contributed by atoms with Crippen molar-refractivity contribution in [1.82, 2.24) is 4.98 Å². The Bertz CT molecular complexity index is 746. The summed E-state index contributed by atoms with van der Waals surface area (Å²) in [6.45, 7) is 0.407. The summed E-state index contributed by atoms with van der Waals surface area (Å²) in [4.78, 5) is 4.11. The first-order chi connectivity index (χ1) is 10.3. The standard InChI is InChI=1S/C17H15BrN2O/c18-15-5-3-13-9-16(6-4-12(13)8-15)21-17(10-19)14-2-1-7-20-11-14/h1-9,11,17H,10,19H2. The number of nitrogens with two attached hydrogens (primary N) is 1. The summed E-state index contributed by atoms with van der Waals surface area (Å²) in [6.07, 6.45) is 3.34. The van der Waals surface area contributed by atoms with Gasteiger partial charge in [-0.05, 0) is 41.1 Å². The van der Waals surface area contributed by atoms with E-state index in [9.17, 15) is 0 Å². The zero-order chi connectivity index (χ0) is 14.7. The molecular formula is C17H15BrN2O. The van der Waals surface area contributed by atoms with E-state index in [0.29, 0.717) is 6.54 Å². The average Bonchev–Trinajstić information content (AvgIpc) is 2.53. The lowest BCUT2D eigenvalue weighted by Gasteiger charge is -2.17. The van der Waals surface area contributed by atoms with Crippen LogP contribution in [0.15, 0.2) is 65.4 Å². The third-order valence-electron chi connectivity index (χ3n) is 3.32. The molecule has 2 N–H and O–H groups in total. The molecule has 106 valence electrons. The van der Waals surface area contributed by atoms with Crippen molar-refractivity contribution >= 4 is 26.7 Å². The molecule has 4 heteroatoms. The number of pyridine rings is 1. The van der Waals surface area contributed by atoms with Crippen molar-refractivity contribution in [2.24, 2.45) is 5.73 Å². The topological polar surface area (TPSA) is 48.1 Å². The van der Waals surface area contributed by atoms with E-state index in [2.05, 4.69) is 33.0 Å². The summed E-state index contributed by atoms with van der Waals surface area (Å²) in [5, 5.41) is 2.31. The number of halogens is 1. The number of hydrogen-bond acceptors (Lipinski definition) is 3. The van der Waals surface area contributed by atoms with E-state index in [1.807, 2.05) is 36.4 Å². The first kappa shape index (κ1) is 14.0. The minimum Gasteiger partial charge on any atom is -0.484 e. The van der Waals surface area contributed by atoms with Gasteiger partial charge < -0.3 is 10.5 Å². The lowest BCUT2D eigenvalue weighted by atomic mass is 10.1. The van der Waals surface area contributed by atoms with Crippen molar-refractivity contribution in [2.45, 2.75) is 6.10 Å². The Hall–Kier alpha value is -1.91. The third kappa shape index (κ3) is 3.23. The summed E-state index contributed by atoms with van der Waals surface area (Å²) in [6, 6.07) is 16.1. The first-order valence-electron chi connectivity index (χ1n) is 6.72. The van der Waals surface area contributed by atoms with Crippen LogP contribution < -0.4 is 10.5 Å². The first-order valence-corrected chi connectivity index (χ1v) is 7.51. The molecule has 0 saturated heterocycles. The molecule has 0 amide bonds. The SMILES string of the molecule is NCC(Oc1ccc2cc(Br)ccc2c1)c1cccnc1. The van der Waals surface area contributed by atoms with Crippen molar-refractivity contribution < 1.29 is 4.74 Å². The van der Waals surface area contributed by atoms with Crippen LogP contribution in [0.2, 0.25) is 0 Å². The van der Waals surface area contributed by atoms with Gasteiger partial charge in [0.1, 0.15) is 11.9 Å². The minimum atomic E-state index is -0.188. The number of benzene rings is 2. The van der Waals surface area contributed by atoms with Gasteiger partial charge in [-0.2, -0.15) is 0 Å². The number of hydrogen-bond donors (Lipinski definition) is 1. The average molecular weight is 343 g/mol. The van der Waals surface area contributed by atoms with Crippen LogP contribution in [0.4, 0.5) is 0 Å². The van der Waals surface area contributed by atoms with E-state index >= 15 is 0 Å². The predicted octanol–water partition coefficient (Wildman–Crippen LogP) is 4.08. The van der Waals surface area contributed by atoms with E-state index in [1.54, 1.807) is 12.4 Å². The summed E-state index contributed by atoms with van der Waals surface area (Å²) in [5.41, 5.74) is 6.81. The molecule has 0 radical (unpaired) electrons. The van der Waals surface area contributed by atoms with Crippen molar-refractivity contribution in [2.75, 3.05) is 6.54 Å². The van der Waals surface area contributed by atoms with E-state index in [1.165, 1.54) is 5.39 Å². The molecule has 0 aliphatic heterocycles. The van der Waals surface area contributed by atoms with E-state index in [4.69, 9.17) is 10.5 Å². The van der Waals surface area contributed by atoms with E-state index < -0.39 is 0 Å². The Morgan fingerprint density at radius 1 is 1.10 bits per heavy atom. The molecule has 0 aliphatic carbocycles. The maximum absolute atomic E-state index is 6.01. The fourth-order valence-corrected chi connectivity index (χ4v) is 2.63. The molecule has 0 fully saturated rings. The van der Waals surface area contributed by atoms with Gasteiger partial charge in [0.25, 0.3) is 0 Å². The van der Waals surface area contributed by atoms with Crippen LogP contribution in [-0.4, -0.2) is 11.5 Å². The number of fused-ring (bicyclic) bond motifs is 1. The third-order valence-corrected chi connectivity index (χ3v) is 3.82. The predicted molar refractivity (Wildman–Crippen MR) is 88.3 cm³/mol. The molecule has 3 aromatic rings. The van der Waals surface area contributed by atoms with Crippen molar-refractivity contribution in [1.29, 1.82) is 0 Å². The van der Waals surface area contributed by atoms with Crippen LogP contribution in [0.3, 0.4) is 0 Å². The van der Waals surface area contributed by atoms with Crippen molar-refractivity contribution in [3.05, 3.63) is 71.0 Å². The Kier molecular flexibility index (Phi) is 4.18. The van der Waals surface area contributed by atoms with Gasteiger partial charge in [-0.25, -0.2) is 0 Å². The minimum absolute atomic E-state index is 0.188. The van der Waals surface area contributed by atoms with Crippen LogP contribution in [0, 0.1) is 0 Å². The van der Waals surface area contributed by atoms with E-state index in [0.717, 1.165) is 21.2 Å². The molecule has 1 atom stereocenters. The van der Waals surface area contributed by atoms with Crippen LogP contribution in [0.5, 0.6) is 5.75 Å². The van der Waals surface area contributed by atoms with Gasteiger partial charge in [0.2, 0.25) is 0 Å². The second-order valence-corrected chi connectivity index (χ2v) is 5.70. The van der Waals surface area contributed by atoms with Crippen molar-refractivity contribution in [3.63, 3.8) is 0 Å². The molecule has 1 unspecified atom stereocenters. The van der Waals surface area contributed by atoms with Gasteiger partial charge in [0.15, 0.2) is 0 Å². The van der Waals surface area contributed by atoms with Gasteiger partial charge in [0.05, 0.1) is 0 Å². The molecule has 0 aliphatic rings. The molecule has 1 heterocycles. The molecule has 0 spiro atoms. The summed E-state index contributed by atoms with van der Waals surface area (Å²) < 4.78 is 7.08. The Morgan fingerprint density at radius 3 is 2.67 bits per heavy atom. The maximum atomic E-state index is 6.01. The molecule has 3 rings (SSSR count). The molecular weight excluding hydrogens is 328 g/mol. The van der Waals surface area contributed by atoms with Crippen LogP contribution in [-0.2, 0) is 0 Å². The Labute approximate surface area is 131 Å². The number of nitrogens with zero attached hydrogens (tertiary/aromatic N) is 1. The zero-order valence-electron chi connectivity index (χ0n) is 11.4. The molecule has 1 aromatic heterocycles. The fourth-order valence-electron chi connectivity index (χ4n) is 2.25. The highest BCUT2D eigenvalue weighted by molar-refractivity contribution is 9.10. The normalized spacial score (nSPS) is 12.3. The highest BCUT2D eigenvalue weighted by Gasteiger charge is 2.11. The summed E-state index contributed by atoms with van der Waals surface area (Å²) in [7, 11) is 0.